The highest BCUT2D eigenvalue weighted by Gasteiger charge is 2.49. The fraction of sp³-hybridized carbons (Fsp3) is 0.562. The monoisotopic (exact) mass is 295 g/mol. The van der Waals surface area contributed by atoms with Crippen LogP contribution >= 0.6 is 0 Å². The summed E-state index contributed by atoms with van der Waals surface area (Å²) in [6, 6.07) is 3.07. The first-order valence-electron chi connectivity index (χ1n) is 7.42. The normalized spacial score (nSPS) is 30.3. The quantitative estimate of drug-likeness (QED) is 0.931. The van der Waals surface area contributed by atoms with Crippen molar-refractivity contribution in [3.63, 3.8) is 0 Å². The van der Waals surface area contributed by atoms with E-state index in [0.29, 0.717) is 11.5 Å². The number of benzene rings is 1. The largest absolute Gasteiger partial charge is 0.480 e. The van der Waals surface area contributed by atoms with E-state index in [1.807, 2.05) is 11.8 Å². The van der Waals surface area contributed by atoms with Crippen molar-refractivity contribution >= 4 is 5.97 Å². The Labute approximate surface area is 122 Å². The molecule has 0 bridgehead atoms. The molecule has 1 heterocycles. The molecule has 4 unspecified atom stereocenters. The zero-order valence-electron chi connectivity index (χ0n) is 11.9. The van der Waals surface area contributed by atoms with Gasteiger partial charge in [0, 0.05) is 12.6 Å². The first-order chi connectivity index (χ1) is 9.99. The molecule has 1 aliphatic heterocycles. The number of likely N-dealkylation sites (tertiary alicyclic amines) is 1. The molecule has 1 N–H and O–H groups in total. The molecule has 21 heavy (non-hydrogen) atoms. The van der Waals surface area contributed by atoms with Crippen molar-refractivity contribution in [2.75, 3.05) is 6.54 Å². The van der Waals surface area contributed by atoms with Crippen molar-refractivity contribution in [2.45, 2.75) is 38.3 Å². The van der Waals surface area contributed by atoms with Gasteiger partial charge in [-0.3, -0.25) is 9.69 Å². The average Bonchev–Trinajstić information content (AvgIpc) is 3.00. The second-order valence-electron chi connectivity index (χ2n) is 6.18. The van der Waals surface area contributed by atoms with Gasteiger partial charge in [0.25, 0.3) is 0 Å². The third kappa shape index (κ3) is 2.44. The van der Waals surface area contributed by atoms with Crippen LogP contribution in [0, 0.1) is 23.5 Å². The number of hydrogen-bond donors (Lipinski definition) is 1. The standard InChI is InChI=1S/C16H19F2NO2/c1-9(10-5-6-13(17)14(18)7-10)19-8-11-3-2-4-12(11)15(19)16(20)21/h5-7,9,11-12,15H,2-4,8H2,1H3,(H,20,21). The van der Waals surface area contributed by atoms with Gasteiger partial charge in [0.15, 0.2) is 11.6 Å². The van der Waals surface area contributed by atoms with Crippen LogP contribution in [0.15, 0.2) is 18.2 Å². The Bertz CT molecular complexity index is 563. The highest BCUT2D eigenvalue weighted by atomic mass is 19.2. The molecule has 4 atom stereocenters. The molecular weight excluding hydrogens is 276 g/mol. The van der Waals surface area contributed by atoms with Gasteiger partial charge in [-0.1, -0.05) is 12.5 Å². The number of rotatable bonds is 3. The Morgan fingerprint density at radius 1 is 1.33 bits per heavy atom. The van der Waals surface area contributed by atoms with Gasteiger partial charge >= 0.3 is 5.97 Å². The summed E-state index contributed by atoms with van der Waals surface area (Å²) >= 11 is 0. The number of carboxylic acid groups (broad SMARTS) is 1. The van der Waals surface area contributed by atoms with Crippen molar-refractivity contribution in [1.29, 1.82) is 0 Å². The van der Waals surface area contributed by atoms with E-state index in [1.54, 1.807) is 0 Å². The fourth-order valence-corrected chi connectivity index (χ4v) is 4.03. The van der Waals surface area contributed by atoms with E-state index in [4.69, 9.17) is 0 Å². The summed E-state index contributed by atoms with van der Waals surface area (Å²) < 4.78 is 26.5. The number of carbonyl (C=O) groups is 1. The summed E-state index contributed by atoms with van der Waals surface area (Å²) in [5, 5.41) is 9.55. The van der Waals surface area contributed by atoms with Crippen molar-refractivity contribution in [2.24, 2.45) is 11.8 Å². The van der Waals surface area contributed by atoms with Crippen LogP contribution in [-0.2, 0) is 4.79 Å². The molecule has 1 saturated heterocycles. The second kappa shape index (κ2) is 5.37. The molecule has 2 fully saturated rings. The third-order valence-electron chi connectivity index (χ3n) is 5.10. The van der Waals surface area contributed by atoms with Crippen LogP contribution in [-0.4, -0.2) is 28.6 Å². The molecule has 5 heteroatoms. The van der Waals surface area contributed by atoms with Crippen molar-refractivity contribution in [3.05, 3.63) is 35.4 Å². The number of fused-ring (bicyclic) bond motifs is 1. The van der Waals surface area contributed by atoms with Crippen molar-refractivity contribution in [3.8, 4) is 0 Å². The molecule has 114 valence electrons. The molecule has 2 aliphatic rings. The van der Waals surface area contributed by atoms with Gasteiger partial charge in [0.1, 0.15) is 6.04 Å². The number of hydrogen-bond acceptors (Lipinski definition) is 2. The van der Waals surface area contributed by atoms with E-state index < -0.39 is 23.6 Å². The third-order valence-corrected chi connectivity index (χ3v) is 5.10. The molecule has 1 aliphatic carbocycles. The Balaban J connectivity index is 1.87. The first kappa shape index (κ1) is 14.4. The van der Waals surface area contributed by atoms with Gasteiger partial charge in [0.2, 0.25) is 0 Å². The van der Waals surface area contributed by atoms with Gasteiger partial charge < -0.3 is 5.11 Å². The Kier molecular flexibility index (Phi) is 3.69. The summed E-state index contributed by atoms with van der Waals surface area (Å²) in [6.07, 6.45) is 3.10. The maximum atomic E-state index is 13.4. The first-order valence-corrected chi connectivity index (χ1v) is 7.42. The van der Waals surface area contributed by atoms with Crippen LogP contribution < -0.4 is 0 Å². The Morgan fingerprint density at radius 2 is 2.10 bits per heavy atom. The lowest BCUT2D eigenvalue weighted by molar-refractivity contribution is -0.144. The predicted octanol–water partition coefficient (Wildman–Crippen LogP) is 3.21. The zero-order valence-corrected chi connectivity index (χ0v) is 11.9. The molecule has 1 saturated carbocycles. The van der Waals surface area contributed by atoms with Crippen LogP contribution in [0.1, 0.15) is 37.8 Å². The van der Waals surface area contributed by atoms with E-state index in [-0.39, 0.29) is 12.0 Å². The SMILES string of the molecule is CC(c1ccc(F)c(F)c1)N1CC2CCCC2C1C(=O)O. The summed E-state index contributed by atoms with van der Waals surface area (Å²) in [4.78, 5) is 13.6. The lowest BCUT2D eigenvalue weighted by Gasteiger charge is -2.30. The number of nitrogens with zero attached hydrogens (tertiary/aromatic N) is 1. The number of aliphatic carboxylic acids is 1. The van der Waals surface area contributed by atoms with Crippen LogP contribution in [0.2, 0.25) is 0 Å². The topological polar surface area (TPSA) is 40.5 Å². The minimum atomic E-state index is -0.884. The summed E-state index contributed by atoms with van der Waals surface area (Å²) in [7, 11) is 0. The molecule has 0 amide bonds. The Morgan fingerprint density at radius 3 is 2.76 bits per heavy atom. The van der Waals surface area contributed by atoms with E-state index in [9.17, 15) is 18.7 Å². The van der Waals surface area contributed by atoms with Crippen molar-refractivity contribution < 1.29 is 18.7 Å². The van der Waals surface area contributed by atoms with Crippen LogP contribution in [0.5, 0.6) is 0 Å². The van der Waals surface area contributed by atoms with E-state index in [1.165, 1.54) is 12.1 Å². The highest BCUT2D eigenvalue weighted by Crippen LogP contribution is 2.45. The van der Waals surface area contributed by atoms with Gasteiger partial charge in [-0.05, 0) is 49.3 Å². The number of carboxylic acids is 1. The maximum absolute atomic E-state index is 13.4. The molecule has 0 radical (unpaired) electrons. The van der Waals surface area contributed by atoms with Gasteiger partial charge in [0.05, 0.1) is 0 Å². The summed E-state index contributed by atoms with van der Waals surface area (Å²) in [6.45, 7) is 2.59. The van der Waals surface area contributed by atoms with Gasteiger partial charge in [-0.2, -0.15) is 0 Å². The smallest absolute Gasteiger partial charge is 0.321 e. The molecule has 1 aromatic carbocycles. The summed E-state index contributed by atoms with van der Waals surface area (Å²) in [5.74, 6) is -1.96. The zero-order chi connectivity index (χ0) is 15.1. The fourth-order valence-electron chi connectivity index (χ4n) is 4.03. The van der Waals surface area contributed by atoms with E-state index in [2.05, 4.69) is 0 Å². The van der Waals surface area contributed by atoms with Gasteiger partial charge in [-0.25, -0.2) is 8.78 Å². The van der Waals surface area contributed by atoms with Crippen LogP contribution in [0.3, 0.4) is 0 Å². The Hall–Kier alpha value is -1.49. The van der Waals surface area contributed by atoms with Gasteiger partial charge in [-0.15, -0.1) is 0 Å². The predicted molar refractivity (Wildman–Crippen MR) is 73.7 cm³/mol. The minimum absolute atomic E-state index is 0.190. The molecule has 0 spiro atoms. The summed E-state index contributed by atoms with van der Waals surface area (Å²) in [5.41, 5.74) is 0.625. The van der Waals surface area contributed by atoms with Crippen LogP contribution in [0.4, 0.5) is 8.78 Å². The highest BCUT2D eigenvalue weighted by molar-refractivity contribution is 5.74. The van der Waals surface area contributed by atoms with E-state index in [0.717, 1.165) is 31.9 Å². The molecule has 3 nitrogen and oxygen atoms in total. The van der Waals surface area contributed by atoms with E-state index >= 15 is 0 Å². The minimum Gasteiger partial charge on any atom is -0.480 e. The molecule has 3 rings (SSSR count). The second-order valence-corrected chi connectivity index (χ2v) is 6.18. The lowest BCUT2D eigenvalue weighted by Crippen LogP contribution is -2.41. The maximum Gasteiger partial charge on any atom is 0.321 e. The molecule has 1 aromatic rings. The molecular formula is C16H19F2NO2. The van der Waals surface area contributed by atoms with Crippen molar-refractivity contribution in [1.82, 2.24) is 4.90 Å². The number of halogens is 2. The average molecular weight is 295 g/mol. The lowest BCUT2D eigenvalue weighted by atomic mass is 9.94. The van der Waals surface area contributed by atoms with Crippen LogP contribution in [0.25, 0.3) is 0 Å². The molecule has 0 aromatic heterocycles.